The zero-order valence-corrected chi connectivity index (χ0v) is 10.7. The van der Waals surface area contributed by atoms with Gasteiger partial charge in [-0.2, -0.15) is 0 Å². The van der Waals surface area contributed by atoms with Gasteiger partial charge in [-0.25, -0.2) is 0 Å². The predicted octanol–water partition coefficient (Wildman–Crippen LogP) is 3.34. The molecule has 2 aliphatic carbocycles. The van der Waals surface area contributed by atoms with Gasteiger partial charge in [0.25, 0.3) is 0 Å². The zero-order valence-electron chi connectivity index (χ0n) is 10.7. The molecule has 0 amide bonds. The molecule has 17 heavy (non-hydrogen) atoms. The van der Waals surface area contributed by atoms with E-state index in [4.69, 9.17) is 0 Å². The van der Waals surface area contributed by atoms with Gasteiger partial charge in [-0.1, -0.05) is 31.2 Å². The van der Waals surface area contributed by atoms with Crippen molar-refractivity contribution in [3.05, 3.63) is 35.4 Å². The standard InChI is InChI=1S/C16H22O/c1-2-12-3-5-13(6-4-12)10-16(17)11-14-7-8-15(16)9-14/h3-6,14-15,17H,2,7-11H2,1H3. The predicted molar refractivity (Wildman–Crippen MR) is 69.9 cm³/mol. The molecule has 1 heteroatoms. The molecule has 2 saturated carbocycles. The van der Waals surface area contributed by atoms with Gasteiger partial charge >= 0.3 is 0 Å². The van der Waals surface area contributed by atoms with Crippen LogP contribution in [-0.4, -0.2) is 10.7 Å². The third-order valence-corrected chi connectivity index (χ3v) is 4.88. The second kappa shape index (κ2) is 4.13. The molecule has 1 nitrogen and oxygen atoms in total. The minimum Gasteiger partial charge on any atom is -0.389 e. The molecule has 1 N–H and O–H groups in total. The summed E-state index contributed by atoms with van der Waals surface area (Å²) in [5.41, 5.74) is 2.29. The van der Waals surface area contributed by atoms with Gasteiger partial charge in [-0.15, -0.1) is 0 Å². The van der Waals surface area contributed by atoms with Crippen molar-refractivity contribution in [3.63, 3.8) is 0 Å². The van der Waals surface area contributed by atoms with Gasteiger partial charge in [0.15, 0.2) is 0 Å². The van der Waals surface area contributed by atoms with Gasteiger partial charge in [-0.3, -0.25) is 0 Å². The van der Waals surface area contributed by atoms with Crippen molar-refractivity contribution in [3.8, 4) is 0 Å². The topological polar surface area (TPSA) is 20.2 Å². The van der Waals surface area contributed by atoms with Gasteiger partial charge in [0, 0.05) is 6.42 Å². The molecule has 3 unspecified atom stereocenters. The summed E-state index contributed by atoms with van der Waals surface area (Å²) >= 11 is 0. The average Bonchev–Trinajstić information content (AvgIpc) is 2.89. The molecule has 0 saturated heterocycles. The Balaban J connectivity index is 1.73. The van der Waals surface area contributed by atoms with Crippen LogP contribution in [0.4, 0.5) is 0 Å². The van der Waals surface area contributed by atoms with Crippen molar-refractivity contribution in [1.29, 1.82) is 0 Å². The molecule has 0 heterocycles. The highest BCUT2D eigenvalue weighted by Gasteiger charge is 2.49. The van der Waals surface area contributed by atoms with Crippen LogP contribution in [-0.2, 0) is 12.8 Å². The lowest BCUT2D eigenvalue weighted by molar-refractivity contribution is -0.0125. The fourth-order valence-electron chi connectivity index (χ4n) is 3.88. The van der Waals surface area contributed by atoms with Crippen LogP contribution in [0.5, 0.6) is 0 Å². The summed E-state index contributed by atoms with van der Waals surface area (Å²) in [4.78, 5) is 0. The molecule has 3 atom stereocenters. The van der Waals surface area contributed by atoms with Crippen molar-refractivity contribution < 1.29 is 5.11 Å². The number of hydrogen-bond acceptors (Lipinski definition) is 1. The number of benzene rings is 1. The second-order valence-corrected chi connectivity index (χ2v) is 6.03. The van der Waals surface area contributed by atoms with Gasteiger partial charge in [0.1, 0.15) is 0 Å². The third kappa shape index (κ3) is 2.01. The minimum atomic E-state index is -0.392. The third-order valence-electron chi connectivity index (χ3n) is 4.88. The maximum absolute atomic E-state index is 10.8. The van der Waals surface area contributed by atoms with Crippen LogP contribution in [0.3, 0.4) is 0 Å². The summed E-state index contributed by atoms with van der Waals surface area (Å²) in [6.45, 7) is 2.18. The van der Waals surface area contributed by atoms with Gasteiger partial charge in [0.05, 0.1) is 5.60 Å². The van der Waals surface area contributed by atoms with E-state index in [0.717, 1.165) is 25.2 Å². The van der Waals surface area contributed by atoms with Crippen LogP contribution in [0.25, 0.3) is 0 Å². The molecule has 0 radical (unpaired) electrons. The maximum Gasteiger partial charge on any atom is 0.0718 e. The first-order valence-electron chi connectivity index (χ1n) is 7.00. The summed E-state index contributed by atoms with van der Waals surface area (Å²) in [7, 11) is 0. The van der Waals surface area contributed by atoms with Crippen molar-refractivity contribution >= 4 is 0 Å². The summed E-state index contributed by atoms with van der Waals surface area (Å²) in [5, 5.41) is 10.8. The largest absolute Gasteiger partial charge is 0.389 e. The minimum absolute atomic E-state index is 0.392. The van der Waals surface area contributed by atoms with E-state index in [1.54, 1.807) is 0 Å². The molecule has 1 aromatic rings. The van der Waals surface area contributed by atoms with Crippen molar-refractivity contribution in [2.45, 2.75) is 51.0 Å². The summed E-state index contributed by atoms with van der Waals surface area (Å²) in [6, 6.07) is 8.80. The van der Waals surface area contributed by atoms with Crippen LogP contribution in [0.15, 0.2) is 24.3 Å². The van der Waals surface area contributed by atoms with E-state index in [1.165, 1.54) is 30.4 Å². The average molecular weight is 230 g/mol. The smallest absolute Gasteiger partial charge is 0.0718 e. The Hall–Kier alpha value is -0.820. The van der Waals surface area contributed by atoms with Crippen molar-refractivity contribution in [1.82, 2.24) is 0 Å². The molecule has 1 aromatic carbocycles. The number of fused-ring (bicyclic) bond motifs is 2. The Morgan fingerprint density at radius 1 is 1.18 bits per heavy atom. The Morgan fingerprint density at radius 3 is 2.41 bits per heavy atom. The highest BCUT2D eigenvalue weighted by molar-refractivity contribution is 5.24. The van der Waals surface area contributed by atoms with Crippen molar-refractivity contribution in [2.75, 3.05) is 0 Å². The van der Waals surface area contributed by atoms with Crippen LogP contribution in [0.2, 0.25) is 0 Å². The first-order chi connectivity index (χ1) is 8.19. The normalized spacial score (nSPS) is 35.4. The first kappa shape index (κ1) is 11.3. The van der Waals surface area contributed by atoms with E-state index in [2.05, 4.69) is 31.2 Å². The molecular weight excluding hydrogens is 208 g/mol. The van der Waals surface area contributed by atoms with Gasteiger partial charge in [0.2, 0.25) is 0 Å². The lowest BCUT2D eigenvalue weighted by Gasteiger charge is -2.32. The van der Waals surface area contributed by atoms with Gasteiger partial charge in [-0.05, 0) is 55.1 Å². The molecule has 0 aromatic heterocycles. The fraction of sp³-hybridized carbons (Fsp3) is 0.625. The Morgan fingerprint density at radius 2 is 1.88 bits per heavy atom. The van der Waals surface area contributed by atoms with Gasteiger partial charge < -0.3 is 5.11 Å². The van der Waals surface area contributed by atoms with E-state index in [1.807, 2.05) is 0 Å². The second-order valence-electron chi connectivity index (χ2n) is 6.03. The molecule has 2 aliphatic rings. The number of hydrogen-bond donors (Lipinski definition) is 1. The Kier molecular flexibility index (Phi) is 2.74. The van der Waals surface area contributed by atoms with E-state index >= 15 is 0 Å². The van der Waals surface area contributed by atoms with Crippen LogP contribution in [0.1, 0.15) is 43.7 Å². The summed E-state index contributed by atoms with van der Waals surface area (Å²) < 4.78 is 0. The van der Waals surface area contributed by atoms with Crippen LogP contribution >= 0.6 is 0 Å². The maximum atomic E-state index is 10.8. The lowest BCUT2D eigenvalue weighted by Crippen LogP contribution is -2.37. The van der Waals surface area contributed by atoms with E-state index in [9.17, 15) is 5.11 Å². The number of rotatable bonds is 3. The quantitative estimate of drug-likeness (QED) is 0.844. The van der Waals surface area contributed by atoms with Crippen LogP contribution in [0, 0.1) is 11.8 Å². The summed E-state index contributed by atoms with van der Waals surface area (Å²) in [5.74, 6) is 1.37. The first-order valence-corrected chi connectivity index (χ1v) is 7.00. The molecule has 0 aliphatic heterocycles. The highest BCUT2D eigenvalue weighted by Crippen LogP contribution is 2.51. The fourth-order valence-corrected chi connectivity index (χ4v) is 3.88. The number of aliphatic hydroxyl groups is 1. The van der Waals surface area contributed by atoms with E-state index in [-0.39, 0.29) is 0 Å². The lowest BCUT2D eigenvalue weighted by atomic mass is 9.80. The SMILES string of the molecule is CCc1ccc(CC2(O)CC3CCC2C3)cc1. The molecule has 2 fully saturated rings. The number of aryl methyl sites for hydroxylation is 1. The van der Waals surface area contributed by atoms with Crippen molar-refractivity contribution in [2.24, 2.45) is 11.8 Å². The Labute approximate surface area is 104 Å². The highest BCUT2D eigenvalue weighted by atomic mass is 16.3. The monoisotopic (exact) mass is 230 g/mol. The molecule has 0 spiro atoms. The molecular formula is C16H22O. The Bertz CT molecular complexity index is 394. The van der Waals surface area contributed by atoms with Crippen LogP contribution < -0.4 is 0 Å². The van der Waals surface area contributed by atoms with E-state index in [0.29, 0.717) is 5.92 Å². The molecule has 92 valence electrons. The summed E-state index contributed by atoms with van der Waals surface area (Å²) in [6.07, 6.45) is 6.85. The molecule has 3 rings (SSSR count). The molecule has 2 bridgehead atoms. The zero-order chi connectivity index (χ0) is 11.9. The van der Waals surface area contributed by atoms with E-state index < -0.39 is 5.60 Å².